The zero-order valence-corrected chi connectivity index (χ0v) is 30.4. The van der Waals surface area contributed by atoms with Gasteiger partial charge in [-0.3, -0.25) is 14.6 Å². The Morgan fingerprint density at radius 3 is 2.58 bits per heavy atom. The summed E-state index contributed by atoms with van der Waals surface area (Å²) in [6, 6.07) is 25.0. The minimum Gasteiger partial charge on any atom is -0.494 e. The molecule has 1 aliphatic carbocycles. The zero-order valence-electron chi connectivity index (χ0n) is 30.4. The highest BCUT2D eigenvalue weighted by Gasteiger charge is 2.50. The number of ether oxygens (including phenoxy) is 2. The van der Waals surface area contributed by atoms with E-state index in [2.05, 4.69) is 62.8 Å². The maximum Gasteiger partial charge on any atom is 0.165 e. The molecule has 0 amide bonds. The summed E-state index contributed by atoms with van der Waals surface area (Å²) < 4.78 is 26.0. The van der Waals surface area contributed by atoms with Gasteiger partial charge in [-0.1, -0.05) is 44.2 Å². The molecule has 4 heterocycles. The summed E-state index contributed by atoms with van der Waals surface area (Å²) in [5, 5.41) is 0.962. The monoisotopic (exact) mass is 701 g/mol. The van der Waals surface area contributed by atoms with Crippen LogP contribution >= 0.6 is 0 Å². The zero-order chi connectivity index (χ0) is 35.8. The lowest BCUT2D eigenvalue weighted by atomic mass is 9.59. The van der Waals surface area contributed by atoms with Gasteiger partial charge in [-0.2, -0.15) is 0 Å². The normalized spacial score (nSPS) is 19.6. The Balaban J connectivity index is 0.941. The summed E-state index contributed by atoms with van der Waals surface area (Å²) in [6.07, 6.45) is 9.14. The summed E-state index contributed by atoms with van der Waals surface area (Å²) in [5.74, 6) is 1.58. The Bertz CT molecular complexity index is 2050. The molecule has 1 unspecified atom stereocenters. The molecule has 3 aliphatic rings. The molecule has 1 atom stereocenters. The molecular formula is C43H48FN5O3. The number of H-pyrrole nitrogens is 1. The molecule has 0 bridgehead atoms. The van der Waals surface area contributed by atoms with Gasteiger partial charge in [0.25, 0.3) is 0 Å². The first-order valence-electron chi connectivity index (χ1n) is 18.7. The standard InChI is InChI=1S/C43H48FN5O3/c1-29(2)36-6-4-5-7-37(36)39-27-47(26-30-8-11-40(51-3)38(44)20-30)18-19-49(39)34-23-43(24-34)13-16-48(17-14-43)33-10-9-32(28-50)41(22-33)52-35-21-31-12-15-45-42(31)46-25-35/h4-12,15,20-22,25,28-29,34,39H,13-14,16-19,23-24,26-27H2,1-3H3,(H,45,46). The molecule has 8 rings (SSSR count). The van der Waals surface area contributed by atoms with Crippen LogP contribution in [-0.4, -0.2) is 71.9 Å². The van der Waals surface area contributed by atoms with Crippen LogP contribution < -0.4 is 14.4 Å². The van der Waals surface area contributed by atoms with Crippen LogP contribution in [0.5, 0.6) is 17.2 Å². The number of fused-ring (bicyclic) bond motifs is 1. The number of aromatic amines is 1. The van der Waals surface area contributed by atoms with E-state index < -0.39 is 0 Å². The fraction of sp³-hybridized carbons (Fsp3) is 0.395. The molecule has 3 fully saturated rings. The van der Waals surface area contributed by atoms with E-state index >= 15 is 0 Å². The van der Waals surface area contributed by atoms with E-state index in [1.165, 1.54) is 31.1 Å². The van der Waals surface area contributed by atoms with E-state index in [1.54, 1.807) is 18.3 Å². The van der Waals surface area contributed by atoms with Crippen molar-refractivity contribution >= 4 is 23.0 Å². The number of anilines is 1. The number of carbonyl (C=O) groups excluding carboxylic acids is 1. The van der Waals surface area contributed by atoms with Crippen LogP contribution in [0.15, 0.2) is 85.2 Å². The van der Waals surface area contributed by atoms with Crippen LogP contribution in [-0.2, 0) is 6.54 Å². The van der Waals surface area contributed by atoms with Crippen molar-refractivity contribution in [1.29, 1.82) is 0 Å². The van der Waals surface area contributed by atoms with Gasteiger partial charge < -0.3 is 19.4 Å². The van der Waals surface area contributed by atoms with E-state index in [9.17, 15) is 9.18 Å². The van der Waals surface area contributed by atoms with E-state index in [4.69, 9.17) is 9.47 Å². The van der Waals surface area contributed by atoms with E-state index in [0.717, 1.165) is 80.7 Å². The van der Waals surface area contributed by atoms with Gasteiger partial charge in [0.05, 0.1) is 18.9 Å². The molecule has 2 aromatic heterocycles. The number of piperidine rings is 1. The summed E-state index contributed by atoms with van der Waals surface area (Å²) in [7, 11) is 1.51. The lowest BCUT2D eigenvalue weighted by Crippen LogP contribution is -2.60. The number of aldehydes is 1. The SMILES string of the molecule is COc1ccc(CN2CCN(C3CC4(CCN(c5ccc(C=O)c(Oc6cnc7[nH]ccc7c6)c5)CC4)C3)C(c3ccccc3C(C)C)C2)cc1F. The van der Waals surface area contributed by atoms with E-state index in [0.29, 0.717) is 40.5 Å². The first-order chi connectivity index (χ1) is 25.3. The van der Waals surface area contributed by atoms with Crippen molar-refractivity contribution in [2.24, 2.45) is 5.41 Å². The second-order valence-electron chi connectivity index (χ2n) is 15.3. The lowest BCUT2D eigenvalue weighted by Gasteiger charge is -2.58. The number of piperazine rings is 1. The molecule has 2 aliphatic heterocycles. The fourth-order valence-corrected chi connectivity index (χ4v) is 8.95. The maximum atomic E-state index is 14.6. The van der Waals surface area contributed by atoms with Crippen molar-refractivity contribution in [2.75, 3.05) is 44.7 Å². The highest BCUT2D eigenvalue weighted by molar-refractivity contribution is 5.81. The summed E-state index contributed by atoms with van der Waals surface area (Å²) in [6.45, 7) is 10.1. The minimum atomic E-state index is -0.305. The third kappa shape index (κ3) is 6.79. The van der Waals surface area contributed by atoms with Crippen molar-refractivity contribution in [2.45, 2.75) is 64.1 Å². The number of hydrogen-bond acceptors (Lipinski definition) is 7. The largest absolute Gasteiger partial charge is 0.494 e. The number of rotatable bonds is 10. The van der Waals surface area contributed by atoms with Crippen LogP contribution in [0.2, 0.25) is 0 Å². The molecule has 8 nitrogen and oxygen atoms in total. The molecule has 270 valence electrons. The number of nitrogens with one attached hydrogen (secondary N) is 1. The van der Waals surface area contributed by atoms with Crippen LogP contribution in [0.3, 0.4) is 0 Å². The van der Waals surface area contributed by atoms with E-state index in [1.807, 2.05) is 42.6 Å². The quantitative estimate of drug-likeness (QED) is 0.146. The minimum absolute atomic E-state index is 0.288. The number of hydrogen-bond donors (Lipinski definition) is 1. The summed E-state index contributed by atoms with van der Waals surface area (Å²) >= 11 is 0. The first-order valence-corrected chi connectivity index (χ1v) is 18.7. The number of carbonyl (C=O) groups is 1. The van der Waals surface area contributed by atoms with Crippen LogP contribution in [0.25, 0.3) is 11.0 Å². The average Bonchev–Trinajstić information content (AvgIpc) is 3.62. The molecular weight excluding hydrogens is 654 g/mol. The number of aromatic nitrogens is 2. The topological polar surface area (TPSA) is 73.9 Å². The van der Waals surface area contributed by atoms with Crippen molar-refractivity contribution in [1.82, 2.24) is 19.8 Å². The lowest BCUT2D eigenvalue weighted by molar-refractivity contribution is -0.0628. The third-order valence-corrected chi connectivity index (χ3v) is 11.8. The molecule has 9 heteroatoms. The summed E-state index contributed by atoms with van der Waals surface area (Å²) in [5.41, 5.74) is 6.60. The number of halogens is 1. The summed E-state index contributed by atoms with van der Waals surface area (Å²) in [4.78, 5) is 27.2. The Morgan fingerprint density at radius 2 is 1.81 bits per heavy atom. The van der Waals surface area contributed by atoms with Gasteiger partial charge in [0.15, 0.2) is 17.9 Å². The molecule has 52 heavy (non-hydrogen) atoms. The van der Waals surface area contributed by atoms with Crippen molar-refractivity contribution in [3.8, 4) is 17.2 Å². The van der Waals surface area contributed by atoms with Gasteiger partial charge in [0, 0.05) is 74.7 Å². The predicted molar refractivity (Wildman–Crippen MR) is 203 cm³/mol. The van der Waals surface area contributed by atoms with Crippen molar-refractivity contribution in [3.05, 3.63) is 113 Å². The Kier molecular flexibility index (Phi) is 9.49. The predicted octanol–water partition coefficient (Wildman–Crippen LogP) is 8.75. The second kappa shape index (κ2) is 14.4. The molecule has 3 aromatic carbocycles. The van der Waals surface area contributed by atoms with Gasteiger partial charge in [0.2, 0.25) is 0 Å². The van der Waals surface area contributed by atoms with Crippen molar-refractivity contribution < 1.29 is 18.7 Å². The Morgan fingerprint density at radius 1 is 0.981 bits per heavy atom. The van der Waals surface area contributed by atoms with Gasteiger partial charge in [-0.25, -0.2) is 9.37 Å². The number of pyridine rings is 1. The molecule has 5 aromatic rings. The van der Waals surface area contributed by atoms with Crippen LogP contribution in [0, 0.1) is 11.2 Å². The maximum absolute atomic E-state index is 14.6. The number of nitrogens with zero attached hydrogens (tertiary/aromatic N) is 4. The Hall–Kier alpha value is -4.73. The van der Waals surface area contributed by atoms with Gasteiger partial charge in [0.1, 0.15) is 17.1 Å². The van der Waals surface area contributed by atoms with Crippen LogP contribution in [0.4, 0.5) is 10.1 Å². The molecule has 2 saturated heterocycles. The fourth-order valence-electron chi connectivity index (χ4n) is 8.95. The van der Waals surface area contributed by atoms with Gasteiger partial charge in [-0.15, -0.1) is 0 Å². The highest BCUT2D eigenvalue weighted by atomic mass is 19.1. The average molecular weight is 702 g/mol. The highest BCUT2D eigenvalue weighted by Crippen LogP contribution is 2.53. The number of benzene rings is 3. The third-order valence-electron chi connectivity index (χ3n) is 11.8. The van der Waals surface area contributed by atoms with E-state index in [-0.39, 0.29) is 11.6 Å². The van der Waals surface area contributed by atoms with Gasteiger partial charge >= 0.3 is 0 Å². The van der Waals surface area contributed by atoms with Crippen molar-refractivity contribution in [3.63, 3.8) is 0 Å². The molecule has 0 radical (unpaired) electrons. The number of methoxy groups -OCH3 is 1. The molecule has 1 N–H and O–H groups in total. The van der Waals surface area contributed by atoms with Gasteiger partial charge in [-0.05, 0) is 90.1 Å². The molecule has 1 saturated carbocycles. The second-order valence-corrected chi connectivity index (χ2v) is 15.3. The Labute approximate surface area is 305 Å². The smallest absolute Gasteiger partial charge is 0.165 e. The molecule has 1 spiro atoms. The van der Waals surface area contributed by atoms with Crippen LogP contribution in [0.1, 0.15) is 78.5 Å². The first kappa shape index (κ1) is 34.4.